The molecule has 1 saturated heterocycles. The molecule has 0 spiro atoms. The van der Waals surface area contributed by atoms with Crippen molar-refractivity contribution in [2.45, 2.75) is 39.0 Å². The first-order valence-electron chi connectivity index (χ1n) is 7.79. The van der Waals surface area contributed by atoms with E-state index in [2.05, 4.69) is 11.9 Å². The molecule has 1 fully saturated rings. The van der Waals surface area contributed by atoms with Crippen LogP contribution in [0, 0.1) is 0 Å². The Balaban J connectivity index is 2.05. The number of morpholine rings is 1. The van der Waals surface area contributed by atoms with Crippen molar-refractivity contribution in [1.29, 1.82) is 0 Å². The van der Waals surface area contributed by atoms with Crippen molar-refractivity contribution in [3.63, 3.8) is 0 Å². The van der Waals surface area contributed by atoms with Crippen molar-refractivity contribution in [1.82, 2.24) is 10.2 Å². The zero-order valence-electron chi connectivity index (χ0n) is 14.0. The number of nitrogens with zero attached hydrogens (tertiary/aromatic N) is 1. The Hall–Kier alpha value is -2.14. The number of ether oxygens (including phenoxy) is 1. The van der Waals surface area contributed by atoms with Gasteiger partial charge < -0.3 is 15.0 Å². The van der Waals surface area contributed by atoms with Crippen molar-refractivity contribution in [2.75, 3.05) is 13.2 Å². The third-order valence-electron chi connectivity index (χ3n) is 4.39. The summed E-state index contributed by atoms with van der Waals surface area (Å²) in [6.45, 7) is 11.0. The van der Waals surface area contributed by atoms with E-state index in [0.717, 1.165) is 5.56 Å². The van der Waals surface area contributed by atoms with E-state index in [9.17, 15) is 9.59 Å². The van der Waals surface area contributed by atoms with Crippen LogP contribution in [0.5, 0.6) is 0 Å². The lowest BCUT2D eigenvalue weighted by atomic mass is 9.96. The van der Waals surface area contributed by atoms with E-state index in [0.29, 0.717) is 25.3 Å². The fourth-order valence-corrected chi connectivity index (χ4v) is 2.57. The SMILES string of the molecule is C=CC(=O)NCc1ccc(C(=O)N2CCOC(C)(C)C2C)cc1. The van der Waals surface area contributed by atoms with Gasteiger partial charge in [-0.3, -0.25) is 9.59 Å². The summed E-state index contributed by atoms with van der Waals surface area (Å²) in [5, 5.41) is 2.71. The minimum atomic E-state index is -0.344. The quantitative estimate of drug-likeness (QED) is 0.866. The molecular formula is C18H24N2O3. The predicted molar refractivity (Wildman–Crippen MR) is 89.0 cm³/mol. The maximum Gasteiger partial charge on any atom is 0.254 e. The largest absolute Gasteiger partial charge is 0.372 e. The summed E-state index contributed by atoms with van der Waals surface area (Å²) in [5.41, 5.74) is 1.24. The molecular weight excluding hydrogens is 292 g/mol. The van der Waals surface area contributed by atoms with Crippen LogP contribution in [0.3, 0.4) is 0 Å². The van der Waals surface area contributed by atoms with Crippen LogP contribution in [0.2, 0.25) is 0 Å². The van der Waals surface area contributed by atoms with Gasteiger partial charge in [-0.25, -0.2) is 0 Å². The molecule has 2 rings (SSSR count). The van der Waals surface area contributed by atoms with Crippen LogP contribution < -0.4 is 5.32 Å². The first-order valence-corrected chi connectivity index (χ1v) is 7.79. The lowest BCUT2D eigenvalue weighted by Gasteiger charge is -2.44. The molecule has 0 aromatic heterocycles. The van der Waals surface area contributed by atoms with Gasteiger partial charge in [-0.1, -0.05) is 18.7 Å². The highest BCUT2D eigenvalue weighted by Crippen LogP contribution is 2.25. The Kier molecular flexibility index (Phi) is 5.21. The summed E-state index contributed by atoms with van der Waals surface area (Å²) >= 11 is 0. The smallest absolute Gasteiger partial charge is 0.254 e. The van der Waals surface area contributed by atoms with Crippen molar-refractivity contribution in [2.24, 2.45) is 0 Å². The Morgan fingerprint density at radius 1 is 1.39 bits per heavy atom. The zero-order valence-corrected chi connectivity index (χ0v) is 14.0. The van der Waals surface area contributed by atoms with Gasteiger partial charge in [0.15, 0.2) is 0 Å². The van der Waals surface area contributed by atoms with Gasteiger partial charge in [0.25, 0.3) is 5.91 Å². The highest BCUT2D eigenvalue weighted by atomic mass is 16.5. The Morgan fingerprint density at radius 2 is 2.04 bits per heavy atom. The monoisotopic (exact) mass is 316 g/mol. The van der Waals surface area contributed by atoms with Crippen LogP contribution in [0.25, 0.3) is 0 Å². The molecule has 23 heavy (non-hydrogen) atoms. The normalized spacial score (nSPS) is 20.0. The van der Waals surface area contributed by atoms with Crippen LogP contribution in [0.15, 0.2) is 36.9 Å². The van der Waals surface area contributed by atoms with E-state index < -0.39 is 0 Å². The molecule has 5 heteroatoms. The minimum absolute atomic E-state index is 0.00954. The molecule has 1 aromatic rings. The number of benzene rings is 1. The second-order valence-electron chi connectivity index (χ2n) is 6.25. The van der Waals surface area contributed by atoms with Crippen LogP contribution in [-0.4, -0.2) is 41.5 Å². The molecule has 2 amide bonds. The van der Waals surface area contributed by atoms with Crippen molar-refractivity contribution < 1.29 is 14.3 Å². The van der Waals surface area contributed by atoms with Crippen LogP contribution >= 0.6 is 0 Å². The highest BCUT2D eigenvalue weighted by molar-refractivity contribution is 5.94. The van der Waals surface area contributed by atoms with Gasteiger partial charge in [-0.05, 0) is 44.5 Å². The van der Waals surface area contributed by atoms with Crippen molar-refractivity contribution in [3.8, 4) is 0 Å². The summed E-state index contributed by atoms with van der Waals surface area (Å²) < 4.78 is 5.74. The topological polar surface area (TPSA) is 58.6 Å². The van der Waals surface area contributed by atoms with Gasteiger partial charge in [0.2, 0.25) is 5.91 Å². The maximum atomic E-state index is 12.7. The standard InChI is InChI=1S/C18H24N2O3/c1-5-16(21)19-12-14-6-8-15(9-7-14)17(22)20-10-11-23-18(3,4)13(20)2/h5-9,13H,1,10-12H2,2-4H3,(H,19,21). The van der Waals surface area contributed by atoms with Crippen molar-refractivity contribution in [3.05, 3.63) is 48.0 Å². The number of nitrogens with one attached hydrogen (secondary N) is 1. The first kappa shape index (κ1) is 17.2. The molecule has 1 N–H and O–H groups in total. The van der Waals surface area contributed by atoms with E-state index in [1.807, 2.05) is 37.8 Å². The number of hydrogen-bond donors (Lipinski definition) is 1. The van der Waals surface area contributed by atoms with E-state index in [-0.39, 0.29) is 23.5 Å². The predicted octanol–water partition coefficient (Wildman–Crippen LogP) is 2.13. The van der Waals surface area contributed by atoms with Crippen LogP contribution in [-0.2, 0) is 16.1 Å². The van der Waals surface area contributed by atoms with Gasteiger partial charge in [-0.15, -0.1) is 0 Å². The second kappa shape index (κ2) is 6.96. The molecule has 1 heterocycles. The summed E-state index contributed by atoms with van der Waals surface area (Å²) in [6.07, 6.45) is 1.24. The van der Waals surface area contributed by atoms with Gasteiger partial charge in [0.1, 0.15) is 0 Å². The fourth-order valence-electron chi connectivity index (χ4n) is 2.57. The lowest BCUT2D eigenvalue weighted by molar-refractivity contribution is -0.116. The maximum absolute atomic E-state index is 12.7. The molecule has 0 saturated carbocycles. The summed E-state index contributed by atoms with van der Waals surface area (Å²) in [7, 11) is 0. The Labute approximate surface area is 137 Å². The third-order valence-corrected chi connectivity index (χ3v) is 4.39. The molecule has 1 unspecified atom stereocenters. The summed E-state index contributed by atoms with van der Waals surface area (Å²) in [4.78, 5) is 25.7. The zero-order chi connectivity index (χ0) is 17.0. The molecule has 0 bridgehead atoms. The van der Waals surface area contributed by atoms with Gasteiger partial charge >= 0.3 is 0 Å². The van der Waals surface area contributed by atoms with Crippen molar-refractivity contribution >= 4 is 11.8 Å². The number of amides is 2. The number of carbonyl (C=O) groups excluding carboxylic acids is 2. The molecule has 5 nitrogen and oxygen atoms in total. The van der Waals surface area contributed by atoms with Gasteiger partial charge in [0.05, 0.1) is 18.2 Å². The summed E-state index contributed by atoms with van der Waals surface area (Å²) in [5.74, 6) is -0.204. The van der Waals surface area contributed by atoms with Gasteiger partial charge in [0, 0.05) is 18.7 Å². The molecule has 0 radical (unpaired) electrons. The Bertz CT molecular complexity index is 593. The molecule has 1 aromatic carbocycles. The van der Waals surface area contributed by atoms with Gasteiger partial charge in [-0.2, -0.15) is 0 Å². The molecule has 1 aliphatic heterocycles. The van der Waals surface area contributed by atoms with Crippen LogP contribution in [0.1, 0.15) is 36.7 Å². The highest BCUT2D eigenvalue weighted by Gasteiger charge is 2.37. The number of hydrogen-bond acceptors (Lipinski definition) is 3. The van der Waals surface area contributed by atoms with E-state index in [1.165, 1.54) is 6.08 Å². The molecule has 124 valence electrons. The van der Waals surface area contributed by atoms with Crippen LogP contribution in [0.4, 0.5) is 0 Å². The fraction of sp³-hybridized carbons (Fsp3) is 0.444. The first-order chi connectivity index (χ1) is 10.8. The second-order valence-corrected chi connectivity index (χ2v) is 6.25. The third kappa shape index (κ3) is 3.99. The van der Waals surface area contributed by atoms with E-state index in [1.54, 1.807) is 12.1 Å². The number of rotatable bonds is 4. The van der Waals surface area contributed by atoms with E-state index in [4.69, 9.17) is 4.74 Å². The molecule has 1 aliphatic rings. The average Bonchev–Trinajstić information content (AvgIpc) is 2.55. The minimum Gasteiger partial charge on any atom is -0.372 e. The molecule has 1 atom stereocenters. The number of carbonyl (C=O) groups is 2. The Morgan fingerprint density at radius 3 is 2.65 bits per heavy atom. The average molecular weight is 316 g/mol. The summed E-state index contributed by atoms with van der Waals surface area (Å²) in [6, 6.07) is 7.31. The molecule has 0 aliphatic carbocycles. The van der Waals surface area contributed by atoms with E-state index >= 15 is 0 Å². The lowest BCUT2D eigenvalue weighted by Crippen LogP contribution is -2.57.